The summed E-state index contributed by atoms with van der Waals surface area (Å²) in [4.78, 5) is 0.348. The van der Waals surface area contributed by atoms with E-state index in [1.807, 2.05) is 11.8 Å². The Bertz CT molecular complexity index is 528. The number of hydrogen-bond acceptors (Lipinski definition) is 4. The van der Waals surface area contributed by atoms with Crippen LogP contribution in [0.2, 0.25) is 0 Å². The predicted molar refractivity (Wildman–Crippen MR) is 82.5 cm³/mol. The van der Waals surface area contributed by atoms with E-state index in [9.17, 15) is 8.42 Å². The molecule has 0 saturated carbocycles. The highest BCUT2D eigenvalue weighted by atomic mass is 32.2. The van der Waals surface area contributed by atoms with E-state index in [4.69, 9.17) is 5.11 Å². The van der Waals surface area contributed by atoms with Crippen LogP contribution in [0.3, 0.4) is 0 Å². The molecule has 0 bridgehead atoms. The number of hydrogen-bond donors (Lipinski definition) is 1. The summed E-state index contributed by atoms with van der Waals surface area (Å²) in [6.45, 7) is 3.36. The summed E-state index contributed by atoms with van der Waals surface area (Å²) in [5, 5.41) is 9.28. The Morgan fingerprint density at radius 2 is 2.05 bits per heavy atom. The summed E-state index contributed by atoms with van der Waals surface area (Å²) >= 11 is 1.85. The zero-order chi connectivity index (χ0) is 14.6. The number of aliphatic hydroxyl groups is 1. The summed E-state index contributed by atoms with van der Waals surface area (Å²) < 4.78 is 26.8. The lowest BCUT2D eigenvalue weighted by Gasteiger charge is -2.31. The molecule has 1 N–H and O–H groups in total. The van der Waals surface area contributed by atoms with Crippen LogP contribution in [0.5, 0.6) is 0 Å². The molecule has 0 amide bonds. The van der Waals surface area contributed by atoms with Crippen molar-refractivity contribution >= 4 is 21.8 Å². The minimum atomic E-state index is -3.38. The second-order valence-electron chi connectivity index (χ2n) is 4.88. The van der Waals surface area contributed by atoms with Crippen LogP contribution < -0.4 is 0 Å². The van der Waals surface area contributed by atoms with E-state index in [-0.39, 0.29) is 6.61 Å². The van der Waals surface area contributed by atoms with E-state index < -0.39 is 10.0 Å². The lowest BCUT2D eigenvalue weighted by atomic mass is 10.2. The van der Waals surface area contributed by atoms with Crippen molar-refractivity contribution in [3.05, 3.63) is 29.8 Å². The normalized spacial score (nSPS) is 21.0. The van der Waals surface area contributed by atoms with Crippen molar-refractivity contribution < 1.29 is 13.5 Å². The lowest BCUT2D eigenvalue weighted by Crippen LogP contribution is -2.41. The third-order valence-electron chi connectivity index (χ3n) is 3.52. The minimum absolute atomic E-state index is 0.0770. The Morgan fingerprint density at radius 1 is 1.35 bits per heavy atom. The second kappa shape index (κ2) is 6.93. The average molecular weight is 315 g/mol. The topological polar surface area (TPSA) is 57.6 Å². The quantitative estimate of drug-likeness (QED) is 0.899. The van der Waals surface area contributed by atoms with Gasteiger partial charge in [0.15, 0.2) is 0 Å². The highest BCUT2D eigenvalue weighted by Crippen LogP contribution is 2.26. The molecule has 1 heterocycles. The summed E-state index contributed by atoms with van der Waals surface area (Å²) in [6.07, 6.45) is 1.55. The van der Waals surface area contributed by atoms with Crippen molar-refractivity contribution in [2.45, 2.75) is 29.9 Å². The summed E-state index contributed by atoms with van der Waals surface area (Å²) in [5.74, 6) is 0.861. The molecule has 1 aromatic rings. The van der Waals surface area contributed by atoms with E-state index in [1.165, 1.54) is 0 Å². The largest absolute Gasteiger partial charge is 0.396 e. The maximum absolute atomic E-state index is 12.6. The van der Waals surface area contributed by atoms with E-state index in [1.54, 1.807) is 28.6 Å². The van der Waals surface area contributed by atoms with E-state index >= 15 is 0 Å². The lowest BCUT2D eigenvalue weighted by molar-refractivity contribution is 0.299. The third kappa shape index (κ3) is 3.55. The van der Waals surface area contributed by atoms with Crippen molar-refractivity contribution in [2.75, 3.05) is 25.4 Å². The molecule has 112 valence electrons. The fourth-order valence-electron chi connectivity index (χ4n) is 2.26. The van der Waals surface area contributed by atoms with Gasteiger partial charge in [-0.05, 0) is 30.5 Å². The summed E-state index contributed by atoms with van der Waals surface area (Å²) in [5.41, 5.74) is 0.951. The number of sulfonamides is 1. The van der Waals surface area contributed by atoms with Gasteiger partial charge in [-0.2, -0.15) is 16.1 Å². The third-order valence-corrected chi connectivity index (χ3v) is 6.77. The van der Waals surface area contributed by atoms with Gasteiger partial charge in [0.1, 0.15) is 0 Å². The molecule has 1 aromatic carbocycles. The van der Waals surface area contributed by atoms with Gasteiger partial charge in [0.05, 0.1) is 4.90 Å². The van der Waals surface area contributed by atoms with Gasteiger partial charge in [0.2, 0.25) is 10.0 Å². The van der Waals surface area contributed by atoms with Crippen molar-refractivity contribution in [2.24, 2.45) is 0 Å². The fourth-order valence-corrected chi connectivity index (χ4v) is 5.14. The van der Waals surface area contributed by atoms with Crippen molar-refractivity contribution in [1.82, 2.24) is 4.31 Å². The molecule has 1 aliphatic heterocycles. The minimum Gasteiger partial charge on any atom is -0.396 e. The number of thioether (sulfide) groups is 1. The van der Waals surface area contributed by atoms with Crippen LogP contribution in [0.4, 0.5) is 0 Å². The van der Waals surface area contributed by atoms with E-state index in [0.29, 0.717) is 29.7 Å². The Kier molecular flexibility index (Phi) is 5.49. The SMILES string of the molecule is CCC1CN(S(=O)(=O)c2ccc(CCO)cc2)CCS1. The molecule has 1 fully saturated rings. The molecular formula is C14H21NO3S2. The molecule has 0 spiro atoms. The van der Waals surface area contributed by atoms with Crippen molar-refractivity contribution in [3.8, 4) is 0 Å². The average Bonchev–Trinajstić information content (AvgIpc) is 2.48. The van der Waals surface area contributed by atoms with E-state index in [0.717, 1.165) is 17.7 Å². The molecule has 1 saturated heterocycles. The molecule has 6 heteroatoms. The first-order valence-corrected chi connectivity index (χ1v) is 9.38. The molecule has 2 rings (SSSR count). The number of nitrogens with zero attached hydrogens (tertiary/aromatic N) is 1. The maximum atomic E-state index is 12.6. The van der Waals surface area contributed by atoms with Gasteiger partial charge in [-0.15, -0.1) is 0 Å². The smallest absolute Gasteiger partial charge is 0.243 e. The van der Waals surface area contributed by atoms with Gasteiger partial charge in [0.25, 0.3) is 0 Å². The molecule has 4 nitrogen and oxygen atoms in total. The van der Waals surface area contributed by atoms with Crippen LogP contribution in [0, 0.1) is 0 Å². The number of benzene rings is 1. The van der Waals surface area contributed by atoms with Crippen LogP contribution in [0.1, 0.15) is 18.9 Å². The van der Waals surface area contributed by atoms with E-state index in [2.05, 4.69) is 6.92 Å². The first-order chi connectivity index (χ1) is 9.57. The van der Waals surface area contributed by atoms with Gasteiger partial charge in [-0.3, -0.25) is 0 Å². The molecular weight excluding hydrogens is 294 g/mol. The maximum Gasteiger partial charge on any atom is 0.243 e. The highest BCUT2D eigenvalue weighted by Gasteiger charge is 2.29. The monoisotopic (exact) mass is 315 g/mol. The first-order valence-electron chi connectivity index (χ1n) is 6.89. The van der Waals surface area contributed by atoms with Crippen LogP contribution in [-0.2, 0) is 16.4 Å². The van der Waals surface area contributed by atoms with Gasteiger partial charge in [-0.1, -0.05) is 19.1 Å². The van der Waals surface area contributed by atoms with Gasteiger partial charge in [-0.25, -0.2) is 8.42 Å². The Labute approximate surface area is 125 Å². The predicted octanol–water partition coefficient (Wildman–Crippen LogP) is 1.74. The Morgan fingerprint density at radius 3 is 2.65 bits per heavy atom. The van der Waals surface area contributed by atoms with Crippen LogP contribution >= 0.6 is 11.8 Å². The molecule has 1 aliphatic rings. The summed E-state index contributed by atoms with van der Waals surface area (Å²) in [7, 11) is -3.38. The molecule has 1 atom stereocenters. The Hall–Kier alpha value is -0.560. The number of aliphatic hydroxyl groups excluding tert-OH is 1. The van der Waals surface area contributed by atoms with Crippen LogP contribution in [0.25, 0.3) is 0 Å². The highest BCUT2D eigenvalue weighted by molar-refractivity contribution is 8.00. The zero-order valence-electron chi connectivity index (χ0n) is 11.7. The fraction of sp³-hybridized carbons (Fsp3) is 0.571. The molecule has 0 aliphatic carbocycles. The summed E-state index contributed by atoms with van der Waals surface area (Å²) in [6, 6.07) is 6.84. The van der Waals surface area contributed by atoms with Gasteiger partial charge >= 0.3 is 0 Å². The molecule has 20 heavy (non-hydrogen) atoms. The molecule has 0 aromatic heterocycles. The van der Waals surface area contributed by atoms with Gasteiger partial charge < -0.3 is 5.11 Å². The molecule has 0 radical (unpaired) electrons. The van der Waals surface area contributed by atoms with Crippen LogP contribution in [-0.4, -0.2) is 48.5 Å². The van der Waals surface area contributed by atoms with Gasteiger partial charge in [0, 0.05) is 30.7 Å². The van der Waals surface area contributed by atoms with Crippen molar-refractivity contribution in [1.29, 1.82) is 0 Å². The Balaban J connectivity index is 2.16. The molecule has 1 unspecified atom stereocenters. The van der Waals surface area contributed by atoms with Crippen LogP contribution in [0.15, 0.2) is 29.2 Å². The standard InChI is InChI=1S/C14H21NO3S2/c1-2-13-11-15(8-10-19-13)20(17,18)14-5-3-12(4-6-14)7-9-16/h3-6,13,16H,2,7-11H2,1H3. The van der Waals surface area contributed by atoms with Crippen molar-refractivity contribution in [3.63, 3.8) is 0 Å². The number of rotatable bonds is 5. The zero-order valence-corrected chi connectivity index (χ0v) is 13.3. The second-order valence-corrected chi connectivity index (χ2v) is 8.23. The first kappa shape index (κ1) is 15.8.